The largest absolute Gasteiger partial charge is 0.349 e. The summed E-state index contributed by atoms with van der Waals surface area (Å²) in [7, 11) is 2.14. The lowest BCUT2D eigenvalue weighted by Crippen LogP contribution is -2.43. The zero-order valence-electron chi connectivity index (χ0n) is 21.2. The van der Waals surface area contributed by atoms with Crippen molar-refractivity contribution in [1.82, 2.24) is 34.7 Å². The van der Waals surface area contributed by atoms with Crippen LogP contribution >= 0.6 is 23.2 Å². The van der Waals surface area contributed by atoms with Crippen LogP contribution in [0.1, 0.15) is 30.8 Å². The quantitative estimate of drug-likeness (QED) is 0.385. The summed E-state index contributed by atoms with van der Waals surface area (Å²) >= 11 is 13.4. The van der Waals surface area contributed by atoms with Gasteiger partial charge in [0.25, 0.3) is 11.4 Å². The molecule has 0 unspecified atom stereocenters. The Morgan fingerprint density at radius 3 is 2.42 bits per heavy atom. The standard InChI is InChI=1S/C26H27Cl2N7O3/c1-26(2,22-19(27)12-17(13-20(22)28)35-25(37)30-21(36)14-29-35)24-31-23(38-32-24)18-7-5-4-6-16(18)15-34-10-8-33(3)9-11-34/h4-7,12-14H,8-11,15H2,1-3H3,(H,30,36,37). The van der Waals surface area contributed by atoms with Crippen LogP contribution in [0.3, 0.4) is 0 Å². The van der Waals surface area contributed by atoms with E-state index in [2.05, 4.69) is 38.2 Å². The molecule has 38 heavy (non-hydrogen) atoms. The zero-order valence-corrected chi connectivity index (χ0v) is 22.8. The van der Waals surface area contributed by atoms with Crippen molar-refractivity contribution in [2.24, 2.45) is 0 Å². The molecular formula is C26H27Cl2N7O3. The van der Waals surface area contributed by atoms with Gasteiger partial charge in [-0.15, -0.1) is 0 Å². The summed E-state index contributed by atoms with van der Waals surface area (Å²) in [5.41, 5.74) is 0.757. The van der Waals surface area contributed by atoms with Crippen LogP contribution < -0.4 is 11.2 Å². The first-order valence-corrected chi connectivity index (χ1v) is 12.9. The first kappa shape index (κ1) is 26.3. The van der Waals surface area contributed by atoms with Gasteiger partial charge in [0, 0.05) is 53.9 Å². The molecule has 0 saturated carbocycles. The number of piperazine rings is 1. The summed E-state index contributed by atoms with van der Waals surface area (Å²) in [4.78, 5) is 35.2. The van der Waals surface area contributed by atoms with E-state index >= 15 is 0 Å². The summed E-state index contributed by atoms with van der Waals surface area (Å²) in [5, 5.41) is 8.74. The molecule has 0 amide bonds. The molecule has 12 heteroatoms. The Labute approximate surface area is 228 Å². The van der Waals surface area contributed by atoms with Crippen molar-refractivity contribution in [2.75, 3.05) is 33.2 Å². The molecule has 2 aromatic carbocycles. The number of aromatic nitrogens is 5. The molecule has 1 fully saturated rings. The molecule has 1 aliphatic rings. The lowest BCUT2D eigenvalue weighted by Gasteiger charge is -2.32. The van der Waals surface area contributed by atoms with Crippen molar-refractivity contribution in [3.8, 4) is 17.1 Å². The number of benzene rings is 2. The number of aromatic amines is 1. The fraction of sp³-hybridized carbons (Fsp3) is 0.346. The van der Waals surface area contributed by atoms with Crippen molar-refractivity contribution >= 4 is 23.2 Å². The number of nitrogens with one attached hydrogen (secondary N) is 1. The van der Waals surface area contributed by atoms with Gasteiger partial charge in [0.1, 0.15) is 6.20 Å². The number of hydrogen-bond acceptors (Lipinski definition) is 8. The number of halogens is 2. The average Bonchev–Trinajstić information content (AvgIpc) is 3.36. The highest BCUT2D eigenvalue weighted by molar-refractivity contribution is 6.36. The molecule has 2 aromatic heterocycles. The van der Waals surface area contributed by atoms with Crippen LogP contribution in [0.5, 0.6) is 0 Å². The van der Waals surface area contributed by atoms with E-state index in [1.54, 1.807) is 12.1 Å². The smallest absolute Gasteiger partial charge is 0.334 e. The van der Waals surface area contributed by atoms with E-state index in [-0.39, 0.29) is 0 Å². The number of nitrogens with zero attached hydrogens (tertiary/aromatic N) is 6. The molecule has 0 aliphatic carbocycles. The summed E-state index contributed by atoms with van der Waals surface area (Å²) in [6.45, 7) is 8.66. The van der Waals surface area contributed by atoms with Crippen LogP contribution in [-0.4, -0.2) is 67.9 Å². The van der Waals surface area contributed by atoms with Crippen molar-refractivity contribution < 1.29 is 4.52 Å². The van der Waals surface area contributed by atoms with Gasteiger partial charge in [-0.3, -0.25) is 14.7 Å². The van der Waals surface area contributed by atoms with Gasteiger partial charge in [-0.2, -0.15) is 14.8 Å². The molecule has 1 saturated heterocycles. The third-order valence-electron chi connectivity index (χ3n) is 6.83. The first-order chi connectivity index (χ1) is 18.1. The lowest BCUT2D eigenvalue weighted by atomic mass is 9.83. The van der Waals surface area contributed by atoms with Crippen molar-refractivity contribution in [3.05, 3.63) is 90.4 Å². The van der Waals surface area contributed by atoms with E-state index in [4.69, 9.17) is 32.7 Å². The second-order valence-electron chi connectivity index (χ2n) is 9.92. The Bertz CT molecular complexity index is 1560. The normalized spacial score (nSPS) is 15.2. The molecule has 0 radical (unpaired) electrons. The summed E-state index contributed by atoms with van der Waals surface area (Å²) in [6.07, 6.45) is 1.00. The van der Waals surface area contributed by atoms with E-state index in [0.717, 1.165) is 54.7 Å². The fourth-order valence-electron chi connectivity index (χ4n) is 4.63. The minimum atomic E-state index is -0.829. The lowest BCUT2D eigenvalue weighted by molar-refractivity contribution is 0.148. The Morgan fingerprint density at radius 2 is 1.74 bits per heavy atom. The second-order valence-corrected chi connectivity index (χ2v) is 10.7. The fourth-order valence-corrected chi connectivity index (χ4v) is 5.58. The number of rotatable bonds is 6. The molecule has 0 bridgehead atoms. The monoisotopic (exact) mass is 555 g/mol. The van der Waals surface area contributed by atoms with Crippen LogP contribution in [0.25, 0.3) is 17.1 Å². The van der Waals surface area contributed by atoms with Crippen molar-refractivity contribution in [1.29, 1.82) is 0 Å². The van der Waals surface area contributed by atoms with E-state index in [0.29, 0.717) is 33.0 Å². The van der Waals surface area contributed by atoms with Crippen LogP contribution in [0.2, 0.25) is 10.0 Å². The van der Waals surface area contributed by atoms with Crippen LogP contribution in [0.15, 0.2) is 56.7 Å². The van der Waals surface area contributed by atoms with Gasteiger partial charge in [0.15, 0.2) is 5.82 Å². The maximum absolute atomic E-state index is 12.2. The predicted octanol–water partition coefficient (Wildman–Crippen LogP) is 3.35. The zero-order chi connectivity index (χ0) is 27.0. The topological polar surface area (TPSA) is 113 Å². The molecule has 10 nitrogen and oxygen atoms in total. The molecule has 0 atom stereocenters. The third-order valence-corrected chi connectivity index (χ3v) is 7.43. The van der Waals surface area contributed by atoms with Gasteiger partial charge in [0.2, 0.25) is 0 Å². The van der Waals surface area contributed by atoms with E-state index in [9.17, 15) is 9.59 Å². The molecule has 1 N–H and O–H groups in total. The molecule has 3 heterocycles. The van der Waals surface area contributed by atoms with E-state index in [1.165, 1.54) is 0 Å². The summed E-state index contributed by atoms with van der Waals surface area (Å²) in [5.74, 6) is 0.837. The Hall–Kier alpha value is -3.31. The first-order valence-electron chi connectivity index (χ1n) is 12.2. The van der Waals surface area contributed by atoms with E-state index in [1.807, 2.05) is 32.0 Å². The molecule has 1 aliphatic heterocycles. The molecule has 198 valence electrons. The van der Waals surface area contributed by atoms with Gasteiger partial charge in [0.05, 0.1) is 11.1 Å². The molecule has 5 rings (SSSR count). The van der Waals surface area contributed by atoms with Gasteiger partial charge < -0.3 is 9.42 Å². The van der Waals surface area contributed by atoms with Gasteiger partial charge in [-0.25, -0.2) is 4.79 Å². The Balaban J connectivity index is 1.46. The highest BCUT2D eigenvalue weighted by atomic mass is 35.5. The molecule has 0 spiro atoms. The molecule has 4 aromatic rings. The minimum Gasteiger partial charge on any atom is -0.334 e. The maximum Gasteiger partial charge on any atom is 0.349 e. The van der Waals surface area contributed by atoms with Crippen molar-refractivity contribution in [3.63, 3.8) is 0 Å². The average molecular weight is 556 g/mol. The second kappa shape index (κ2) is 10.5. The van der Waals surface area contributed by atoms with Crippen LogP contribution in [0.4, 0.5) is 0 Å². The minimum absolute atomic E-state index is 0.291. The Morgan fingerprint density at radius 1 is 1.05 bits per heavy atom. The van der Waals surface area contributed by atoms with E-state index < -0.39 is 16.7 Å². The maximum atomic E-state index is 12.2. The van der Waals surface area contributed by atoms with Crippen LogP contribution in [-0.2, 0) is 12.0 Å². The van der Waals surface area contributed by atoms with Gasteiger partial charge in [-0.1, -0.05) is 46.6 Å². The number of likely N-dealkylation sites (N-methyl/N-ethyl adjacent to an activating group) is 1. The summed E-state index contributed by atoms with van der Waals surface area (Å²) in [6, 6.07) is 11.2. The molecular weight excluding hydrogens is 529 g/mol. The van der Waals surface area contributed by atoms with Gasteiger partial charge >= 0.3 is 5.69 Å². The predicted molar refractivity (Wildman–Crippen MR) is 145 cm³/mol. The van der Waals surface area contributed by atoms with Gasteiger partial charge in [-0.05, 0) is 44.7 Å². The summed E-state index contributed by atoms with van der Waals surface area (Å²) < 4.78 is 6.76. The number of hydrogen-bond donors (Lipinski definition) is 1. The SMILES string of the molecule is CN1CCN(Cc2ccccc2-c2nc(C(C)(C)c3c(Cl)cc(-n4ncc(=O)[nH]c4=O)cc3Cl)no2)CC1. The number of H-pyrrole nitrogens is 1. The third kappa shape index (κ3) is 5.17. The Kier molecular flexibility index (Phi) is 7.23. The van der Waals surface area contributed by atoms with Crippen molar-refractivity contribution in [2.45, 2.75) is 25.8 Å². The highest BCUT2D eigenvalue weighted by Crippen LogP contribution is 2.41. The highest BCUT2D eigenvalue weighted by Gasteiger charge is 2.34. The van der Waals surface area contributed by atoms with Crippen LogP contribution in [0, 0.1) is 0 Å².